The molecule has 0 aliphatic carbocycles. The van der Waals surface area contributed by atoms with Crippen LogP contribution >= 0.6 is 0 Å². The Bertz CT molecular complexity index is 218. The predicted molar refractivity (Wildman–Crippen MR) is 66.5 cm³/mol. The van der Waals surface area contributed by atoms with Gasteiger partial charge in [0.15, 0.2) is 0 Å². The standard InChI is InChI=1S/C12H25F3N2O/c1-4-6-17(11(3,5-2)9-16)7-8-18-10-12(13,14)15/h4-10,16H2,1-3H3. The molecular weight excluding hydrogens is 245 g/mol. The van der Waals surface area contributed by atoms with Crippen molar-refractivity contribution in [2.45, 2.75) is 45.3 Å². The lowest BCUT2D eigenvalue weighted by Gasteiger charge is -2.40. The van der Waals surface area contributed by atoms with E-state index in [1.165, 1.54) is 0 Å². The minimum atomic E-state index is -4.25. The van der Waals surface area contributed by atoms with E-state index in [2.05, 4.69) is 9.64 Å². The lowest BCUT2D eigenvalue weighted by Crippen LogP contribution is -2.52. The van der Waals surface area contributed by atoms with Gasteiger partial charge >= 0.3 is 6.18 Å². The summed E-state index contributed by atoms with van der Waals surface area (Å²) in [7, 11) is 0. The molecule has 2 N–H and O–H groups in total. The Hall–Kier alpha value is -0.330. The molecule has 0 rings (SSSR count). The van der Waals surface area contributed by atoms with Crippen LogP contribution in [0.3, 0.4) is 0 Å². The van der Waals surface area contributed by atoms with Gasteiger partial charge in [-0.2, -0.15) is 13.2 Å². The molecule has 1 atom stereocenters. The van der Waals surface area contributed by atoms with Crippen LogP contribution in [0.15, 0.2) is 0 Å². The second-order valence-electron chi connectivity index (χ2n) is 4.71. The first-order valence-electron chi connectivity index (χ1n) is 6.38. The number of rotatable bonds is 9. The number of hydrogen-bond acceptors (Lipinski definition) is 3. The zero-order valence-electron chi connectivity index (χ0n) is 11.5. The molecule has 0 heterocycles. The highest BCUT2D eigenvalue weighted by atomic mass is 19.4. The first-order chi connectivity index (χ1) is 8.29. The van der Waals surface area contributed by atoms with E-state index in [4.69, 9.17) is 5.73 Å². The molecule has 3 nitrogen and oxygen atoms in total. The van der Waals surface area contributed by atoms with Gasteiger partial charge < -0.3 is 10.5 Å². The highest BCUT2D eigenvalue weighted by Gasteiger charge is 2.29. The van der Waals surface area contributed by atoms with Gasteiger partial charge in [0.1, 0.15) is 6.61 Å². The number of halogens is 3. The Morgan fingerprint density at radius 3 is 2.17 bits per heavy atom. The summed E-state index contributed by atoms with van der Waals surface area (Å²) in [5.74, 6) is 0. The van der Waals surface area contributed by atoms with E-state index in [1.807, 2.05) is 20.8 Å². The van der Waals surface area contributed by atoms with Crippen LogP contribution in [-0.4, -0.2) is 49.5 Å². The molecular formula is C12H25F3N2O. The summed E-state index contributed by atoms with van der Waals surface area (Å²) in [5.41, 5.74) is 5.59. The minimum Gasteiger partial charge on any atom is -0.371 e. The van der Waals surface area contributed by atoms with E-state index >= 15 is 0 Å². The van der Waals surface area contributed by atoms with Crippen LogP contribution in [0.2, 0.25) is 0 Å². The predicted octanol–water partition coefficient (Wildman–Crippen LogP) is 2.40. The van der Waals surface area contributed by atoms with Gasteiger partial charge in [-0.05, 0) is 26.3 Å². The topological polar surface area (TPSA) is 38.5 Å². The van der Waals surface area contributed by atoms with Crippen LogP contribution in [0, 0.1) is 0 Å². The molecule has 18 heavy (non-hydrogen) atoms. The Morgan fingerprint density at radius 1 is 1.17 bits per heavy atom. The Morgan fingerprint density at radius 2 is 1.78 bits per heavy atom. The van der Waals surface area contributed by atoms with Crippen molar-refractivity contribution in [1.29, 1.82) is 0 Å². The normalized spacial score (nSPS) is 16.0. The Labute approximate surface area is 107 Å². The van der Waals surface area contributed by atoms with E-state index in [0.717, 1.165) is 19.4 Å². The second kappa shape index (κ2) is 7.96. The van der Waals surface area contributed by atoms with Gasteiger partial charge in [0.2, 0.25) is 0 Å². The maximum absolute atomic E-state index is 11.9. The van der Waals surface area contributed by atoms with Crippen molar-refractivity contribution in [3.8, 4) is 0 Å². The summed E-state index contributed by atoms with van der Waals surface area (Å²) >= 11 is 0. The van der Waals surface area contributed by atoms with E-state index in [-0.39, 0.29) is 12.1 Å². The quantitative estimate of drug-likeness (QED) is 0.654. The van der Waals surface area contributed by atoms with Gasteiger partial charge in [0.05, 0.1) is 6.61 Å². The summed E-state index contributed by atoms with van der Waals surface area (Å²) < 4.78 is 40.5. The second-order valence-corrected chi connectivity index (χ2v) is 4.71. The van der Waals surface area contributed by atoms with Crippen LogP contribution in [0.25, 0.3) is 0 Å². The van der Waals surface area contributed by atoms with E-state index in [9.17, 15) is 13.2 Å². The number of ether oxygens (including phenoxy) is 1. The molecule has 0 radical (unpaired) electrons. The van der Waals surface area contributed by atoms with Gasteiger partial charge in [-0.1, -0.05) is 13.8 Å². The van der Waals surface area contributed by atoms with Gasteiger partial charge in [0, 0.05) is 18.6 Å². The zero-order chi connectivity index (χ0) is 14.2. The Balaban J connectivity index is 4.20. The number of nitrogens with two attached hydrogens (primary N) is 1. The molecule has 1 unspecified atom stereocenters. The molecule has 0 fully saturated rings. The average molecular weight is 270 g/mol. The van der Waals surface area contributed by atoms with E-state index < -0.39 is 12.8 Å². The van der Waals surface area contributed by atoms with Crippen LogP contribution in [0.4, 0.5) is 13.2 Å². The van der Waals surface area contributed by atoms with Crippen molar-refractivity contribution in [3.63, 3.8) is 0 Å². The van der Waals surface area contributed by atoms with E-state index in [1.54, 1.807) is 0 Å². The summed E-state index contributed by atoms with van der Waals surface area (Å²) in [6.07, 6.45) is -2.45. The average Bonchev–Trinajstić information content (AvgIpc) is 2.31. The molecule has 0 aromatic rings. The molecule has 0 spiro atoms. The molecule has 0 bridgehead atoms. The molecule has 110 valence electrons. The molecule has 0 saturated heterocycles. The largest absolute Gasteiger partial charge is 0.411 e. The fraction of sp³-hybridized carbons (Fsp3) is 1.00. The lowest BCUT2D eigenvalue weighted by atomic mass is 9.96. The van der Waals surface area contributed by atoms with Gasteiger partial charge in [-0.3, -0.25) is 4.90 Å². The highest BCUT2D eigenvalue weighted by Crippen LogP contribution is 2.19. The third kappa shape index (κ3) is 6.56. The monoisotopic (exact) mass is 270 g/mol. The molecule has 0 amide bonds. The summed E-state index contributed by atoms with van der Waals surface area (Å²) in [5, 5.41) is 0. The van der Waals surface area contributed by atoms with Crippen molar-refractivity contribution in [1.82, 2.24) is 4.90 Å². The smallest absolute Gasteiger partial charge is 0.371 e. The van der Waals surface area contributed by atoms with Crippen LogP contribution in [0.1, 0.15) is 33.6 Å². The summed E-state index contributed by atoms with van der Waals surface area (Å²) in [4.78, 5) is 2.11. The fourth-order valence-corrected chi connectivity index (χ4v) is 1.78. The third-order valence-corrected chi connectivity index (χ3v) is 3.23. The van der Waals surface area contributed by atoms with Crippen LogP contribution in [0.5, 0.6) is 0 Å². The van der Waals surface area contributed by atoms with Crippen LogP contribution in [-0.2, 0) is 4.74 Å². The maximum Gasteiger partial charge on any atom is 0.411 e. The number of alkyl halides is 3. The molecule has 0 aliphatic heterocycles. The molecule has 0 aromatic carbocycles. The van der Waals surface area contributed by atoms with Crippen molar-refractivity contribution >= 4 is 0 Å². The van der Waals surface area contributed by atoms with Crippen LogP contribution < -0.4 is 5.73 Å². The SMILES string of the molecule is CCCN(CCOCC(F)(F)F)C(C)(CC)CN. The van der Waals surface area contributed by atoms with Gasteiger partial charge in [-0.15, -0.1) is 0 Å². The fourth-order valence-electron chi connectivity index (χ4n) is 1.78. The lowest BCUT2D eigenvalue weighted by molar-refractivity contribution is -0.175. The molecule has 0 aromatic heterocycles. The van der Waals surface area contributed by atoms with Gasteiger partial charge in [-0.25, -0.2) is 0 Å². The summed E-state index contributed by atoms with van der Waals surface area (Å²) in [6.45, 7) is 6.79. The van der Waals surface area contributed by atoms with Crippen molar-refractivity contribution in [2.24, 2.45) is 5.73 Å². The molecule has 0 saturated carbocycles. The van der Waals surface area contributed by atoms with Crippen molar-refractivity contribution in [2.75, 3.05) is 32.8 Å². The van der Waals surface area contributed by atoms with E-state index in [0.29, 0.717) is 13.1 Å². The Kier molecular flexibility index (Phi) is 7.82. The minimum absolute atomic E-state index is 0.0785. The number of hydrogen-bond donors (Lipinski definition) is 1. The number of nitrogens with zero attached hydrogens (tertiary/aromatic N) is 1. The third-order valence-electron chi connectivity index (χ3n) is 3.23. The highest BCUT2D eigenvalue weighted by molar-refractivity contribution is 4.85. The van der Waals surface area contributed by atoms with Crippen molar-refractivity contribution in [3.05, 3.63) is 0 Å². The maximum atomic E-state index is 11.9. The molecule has 0 aliphatic rings. The summed E-state index contributed by atoms with van der Waals surface area (Å²) in [6, 6.07) is 0. The zero-order valence-corrected chi connectivity index (χ0v) is 11.5. The first-order valence-corrected chi connectivity index (χ1v) is 6.38. The van der Waals surface area contributed by atoms with Gasteiger partial charge in [0.25, 0.3) is 0 Å². The molecule has 6 heteroatoms. The van der Waals surface area contributed by atoms with Crippen molar-refractivity contribution < 1.29 is 17.9 Å². The first kappa shape index (κ1) is 17.7.